The number of halogens is 2. The van der Waals surface area contributed by atoms with Gasteiger partial charge in [-0.1, -0.05) is 28.1 Å². The summed E-state index contributed by atoms with van der Waals surface area (Å²) in [6.07, 6.45) is 1.74. The summed E-state index contributed by atoms with van der Waals surface area (Å²) in [5.41, 5.74) is 2.03. The molecule has 0 atom stereocenters. The number of aryl methyl sites for hydroxylation is 1. The standard InChI is InChI=1S/C12H15Br2NO2/c1-2-17-12(16)15(14)11-7-5-10(6-8-11)4-3-9-13/h5-8H,2-4,9H2,1H3. The third-order valence-corrected chi connectivity index (χ3v) is 3.45. The van der Waals surface area contributed by atoms with Crippen molar-refractivity contribution in [2.24, 2.45) is 0 Å². The number of carbonyl (C=O) groups excluding carboxylic acids is 1. The first kappa shape index (κ1) is 14.5. The zero-order valence-electron chi connectivity index (χ0n) is 9.66. The van der Waals surface area contributed by atoms with Gasteiger partial charge in [-0.2, -0.15) is 0 Å². The molecule has 0 saturated heterocycles. The third-order valence-electron chi connectivity index (χ3n) is 2.19. The highest BCUT2D eigenvalue weighted by atomic mass is 79.9. The van der Waals surface area contributed by atoms with Crippen LogP contribution in [0.1, 0.15) is 18.9 Å². The molecule has 0 aliphatic rings. The summed E-state index contributed by atoms with van der Waals surface area (Å²) in [4.78, 5) is 11.5. The van der Waals surface area contributed by atoms with Gasteiger partial charge in [-0.15, -0.1) is 0 Å². The molecule has 0 spiro atoms. The quantitative estimate of drug-likeness (QED) is 0.576. The molecule has 1 amide bonds. The number of amides is 1. The van der Waals surface area contributed by atoms with Gasteiger partial charge in [0.15, 0.2) is 0 Å². The molecular weight excluding hydrogens is 350 g/mol. The number of alkyl halides is 1. The predicted octanol–water partition coefficient (Wildman–Crippen LogP) is 4.29. The number of nitrogens with zero attached hydrogens (tertiary/aromatic N) is 1. The van der Waals surface area contributed by atoms with Crippen LogP contribution in [0.3, 0.4) is 0 Å². The third kappa shape index (κ3) is 4.68. The summed E-state index contributed by atoms with van der Waals surface area (Å²) in [5, 5.41) is 1.00. The Bertz CT molecular complexity index is 354. The van der Waals surface area contributed by atoms with E-state index < -0.39 is 6.09 Å². The van der Waals surface area contributed by atoms with Crippen LogP contribution >= 0.6 is 32.1 Å². The van der Waals surface area contributed by atoms with Gasteiger partial charge in [0.25, 0.3) is 0 Å². The highest BCUT2D eigenvalue weighted by Crippen LogP contribution is 2.20. The number of anilines is 1. The van der Waals surface area contributed by atoms with E-state index >= 15 is 0 Å². The van der Waals surface area contributed by atoms with Crippen LogP contribution < -0.4 is 3.93 Å². The predicted molar refractivity (Wildman–Crippen MR) is 77.0 cm³/mol. The molecule has 0 aliphatic heterocycles. The van der Waals surface area contributed by atoms with Crippen LogP contribution in [-0.4, -0.2) is 18.0 Å². The lowest BCUT2D eigenvalue weighted by Crippen LogP contribution is -2.21. The van der Waals surface area contributed by atoms with Crippen molar-refractivity contribution in [3.63, 3.8) is 0 Å². The fourth-order valence-corrected chi connectivity index (χ4v) is 1.97. The highest BCUT2D eigenvalue weighted by Gasteiger charge is 2.13. The second kappa shape index (κ2) is 7.71. The van der Waals surface area contributed by atoms with E-state index in [1.807, 2.05) is 24.3 Å². The van der Waals surface area contributed by atoms with E-state index in [-0.39, 0.29) is 0 Å². The maximum Gasteiger partial charge on any atom is 0.424 e. The van der Waals surface area contributed by atoms with Gasteiger partial charge in [0.05, 0.1) is 28.4 Å². The fourth-order valence-electron chi connectivity index (χ4n) is 1.35. The smallest absolute Gasteiger partial charge is 0.424 e. The SMILES string of the molecule is CCOC(=O)N(Br)c1ccc(CCCBr)cc1. The van der Waals surface area contributed by atoms with Crippen molar-refractivity contribution in [2.75, 3.05) is 15.9 Å². The summed E-state index contributed by atoms with van der Waals surface area (Å²) in [6, 6.07) is 7.83. The molecule has 1 aromatic rings. The van der Waals surface area contributed by atoms with Crippen LogP contribution in [0, 0.1) is 0 Å². The van der Waals surface area contributed by atoms with Crippen LogP contribution in [0.15, 0.2) is 24.3 Å². The van der Waals surface area contributed by atoms with Crippen LogP contribution in [0.2, 0.25) is 0 Å². The minimum Gasteiger partial charge on any atom is -0.449 e. The molecule has 94 valence electrons. The average molecular weight is 365 g/mol. The lowest BCUT2D eigenvalue weighted by Gasteiger charge is -2.14. The van der Waals surface area contributed by atoms with Gasteiger partial charge in [0.2, 0.25) is 0 Å². The number of carbonyl (C=O) groups is 1. The van der Waals surface area contributed by atoms with E-state index in [2.05, 4.69) is 32.1 Å². The van der Waals surface area contributed by atoms with Crippen molar-refractivity contribution >= 4 is 43.9 Å². The zero-order valence-corrected chi connectivity index (χ0v) is 12.8. The molecule has 0 radical (unpaired) electrons. The second-order valence-electron chi connectivity index (χ2n) is 3.44. The topological polar surface area (TPSA) is 29.5 Å². The van der Waals surface area contributed by atoms with E-state index in [4.69, 9.17) is 4.74 Å². The van der Waals surface area contributed by atoms with Crippen LogP contribution in [0.25, 0.3) is 0 Å². The molecule has 0 aliphatic carbocycles. The van der Waals surface area contributed by atoms with Crippen molar-refractivity contribution in [1.29, 1.82) is 0 Å². The van der Waals surface area contributed by atoms with E-state index in [1.165, 1.54) is 9.49 Å². The van der Waals surface area contributed by atoms with Gasteiger partial charge in [-0.3, -0.25) is 0 Å². The zero-order chi connectivity index (χ0) is 12.7. The average Bonchev–Trinajstić information content (AvgIpc) is 2.36. The second-order valence-corrected chi connectivity index (χ2v) is 4.94. The lowest BCUT2D eigenvalue weighted by molar-refractivity contribution is 0.165. The molecular formula is C12H15Br2NO2. The van der Waals surface area contributed by atoms with Crippen molar-refractivity contribution in [3.8, 4) is 0 Å². The number of benzene rings is 1. The van der Waals surface area contributed by atoms with Gasteiger partial charge in [0.1, 0.15) is 0 Å². The summed E-state index contributed by atoms with van der Waals surface area (Å²) in [6.45, 7) is 2.15. The maximum absolute atomic E-state index is 11.5. The Morgan fingerprint density at radius 3 is 2.53 bits per heavy atom. The molecule has 17 heavy (non-hydrogen) atoms. The van der Waals surface area contributed by atoms with Gasteiger partial charge in [-0.05, 0) is 37.5 Å². The van der Waals surface area contributed by atoms with Crippen molar-refractivity contribution in [2.45, 2.75) is 19.8 Å². The van der Waals surface area contributed by atoms with E-state index in [1.54, 1.807) is 6.92 Å². The molecule has 3 nitrogen and oxygen atoms in total. The van der Waals surface area contributed by atoms with Gasteiger partial charge < -0.3 is 4.74 Å². The fraction of sp³-hybridized carbons (Fsp3) is 0.417. The normalized spacial score (nSPS) is 10.1. The molecule has 1 rings (SSSR count). The molecule has 1 aromatic carbocycles. The van der Waals surface area contributed by atoms with E-state index in [0.29, 0.717) is 6.61 Å². The first-order valence-corrected chi connectivity index (χ1v) is 7.29. The Morgan fingerprint density at radius 1 is 1.35 bits per heavy atom. The van der Waals surface area contributed by atoms with Crippen LogP contribution in [0.5, 0.6) is 0 Å². The first-order chi connectivity index (χ1) is 8.19. The largest absolute Gasteiger partial charge is 0.449 e. The van der Waals surface area contributed by atoms with Crippen molar-refractivity contribution < 1.29 is 9.53 Å². The monoisotopic (exact) mass is 363 g/mol. The Balaban J connectivity index is 2.63. The minimum atomic E-state index is -0.402. The van der Waals surface area contributed by atoms with Crippen molar-refractivity contribution in [3.05, 3.63) is 29.8 Å². The summed E-state index contributed by atoms with van der Waals surface area (Å²) < 4.78 is 6.21. The molecule has 0 saturated carbocycles. The molecule has 5 heteroatoms. The summed E-state index contributed by atoms with van der Waals surface area (Å²) in [5.74, 6) is 0. The molecule has 0 N–H and O–H groups in total. The van der Waals surface area contributed by atoms with E-state index in [0.717, 1.165) is 23.9 Å². The van der Waals surface area contributed by atoms with Gasteiger partial charge in [0, 0.05) is 5.33 Å². The summed E-state index contributed by atoms with van der Waals surface area (Å²) >= 11 is 6.58. The molecule has 0 bridgehead atoms. The van der Waals surface area contributed by atoms with Gasteiger partial charge in [-0.25, -0.2) is 8.72 Å². The Hall–Kier alpha value is -0.550. The van der Waals surface area contributed by atoms with Crippen LogP contribution in [0.4, 0.5) is 10.5 Å². The number of hydrogen-bond acceptors (Lipinski definition) is 2. The van der Waals surface area contributed by atoms with E-state index in [9.17, 15) is 4.79 Å². The highest BCUT2D eigenvalue weighted by molar-refractivity contribution is 9.10. The number of hydrogen-bond donors (Lipinski definition) is 0. The Morgan fingerprint density at radius 2 is 2.00 bits per heavy atom. The summed E-state index contributed by atoms with van der Waals surface area (Å²) in [7, 11) is 0. The van der Waals surface area contributed by atoms with Gasteiger partial charge >= 0.3 is 6.09 Å². The number of rotatable bonds is 5. The Labute approximate surface area is 119 Å². The maximum atomic E-state index is 11.5. The molecule has 0 fully saturated rings. The lowest BCUT2D eigenvalue weighted by atomic mass is 10.1. The number of ether oxygens (including phenoxy) is 1. The first-order valence-electron chi connectivity index (χ1n) is 5.46. The molecule has 0 aromatic heterocycles. The van der Waals surface area contributed by atoms with Crippen molar-refractivity contribution in [1.82, 2.24) is 0 Å². The minimum absolute atomic E-state index is 0.365. The molecule has 0 unspecified atom stereocenters. The molecule has 0 heterocycles. The van der Waals surface area contributed by atoms with Crippen LogP contribution in [-0.2, 0) is 11.2 Å². The Kier molecular flexibility index (Phi) is 6.58.